The average molecular weight is 295 g/mol. The van der Waals surface area contributed by atoms with Gasteiger partial charge in [-0.25, -0.2) is 4.68 Å². The Morgan fingerprint density at radius 1 is 1.33 bits per heavy atom. The number of aliphatic hydroxyl groups is 1. The van der Waals surface area contributed by atoms with Gasteiger partial charge in [-0.3, -0.25) is 9.59 Å². The quantitative estimate of drug-likeness (QED) is 0.716. The summed E-state index contributed by atoms with van der Waals surface area (Å²) in [7, 11) is 0. The van der Waals surface area contributed by atoms with Gasteiger partial charge in [0.1, 0.15) is 5.69 Å². The Bertz CT molecular complexity index is 493. The van der Waals surface area contributed by atoms with Crippen LogP contribution in [0.4, 0.5) is 0 Å². The Hall–Kier alpha value is -1.69. The first-order valence-electron chi connectivity index (χ1n) is 7.59. The van der Waals surface area contributed by atoms with E-state index in [1.807, 2.05) is 6.92 Å². The summed E-state index contributed by atoms with van der Waals surface area (Å²) in [5.41, 5.74) is 0.0554. The van der Waals surface area contributed by atoms with Gasteiger partial charge in [-0.2, -0.15) is 5.10 Å². The predicted molar refractivity (Wildman–Crippen MR) is 81.2 cm³/mol. The van der Waals surface area contributed by atoms with Crippen molar-refractivity contribution in [1.82, 2.24) is 15.1 Å². The number of rotatable bonds is 9. The molecular formula is C15H25N3O3. The summed E-state index contributed by atoms with van der Waals surface area (Å²) in [6.45, 7) is 5.17. The zero-order chi connectivity index (χ0) is 15.7. The lowest BCUT2D eigenvalue weighted by Gasteiger charge is -2.15. The maximum Gasteiger partial charge on any atom is 0.271 e. The van der Waals surface area contributed by atoms with Gasteiger partial charge >= 0.3 is 0 Å². The standard InChI is InChI=1S/C15H25N3O3/c1-3-5-12(8-10-19)11-16-15(21)13-6-7-14(20)18(17-13)9-4-2/h6-7,12,19H,3-5,8-11H2,1-2H3,(H,16,21). The molecule has 0 saturated heterocycles. The molecule has 6 nitrogen and oxygen atoms in total. The first-order valence-corrected chi connectivity index (χ1v) is 7.59. The van der Waals surface area contributed by atoms with E-state index in [1.54, 1.807) is 0 Å². The van der Waals surface area contributed by atoms with Gasteiger partial charge in [0, 0.05) is 25.8 Å². The highest BCUT2D eigenvalue weighted by molar-refractivity contribution is 5.91. The van der Waals surface area contributed by atoms with Gasteiger partial charge in [-0.15, -0.1) is 0 Å². The largest absolute Gasteiger partial charge is 0.396 e. The molecule has 0 fully saturated rings. The normalized spacial score (nSPS) is 12.1. The lowest BCUT2D eigenvalue weighted by Crippen LogP contribution is -2.32. The molecule has 0 saturated carbocycles. The van der Waals surface area contributed by atoms with E-state index in [4.69, 9.17) is 5.11 Å². The Labute approximate surface area is 125 Å². The molecule has 2 N–H and O–H groups in total. The van der Waals surface area contributed by atoms with Crippen LogP contribution >= 0.6 is 0 Å². The Kier molecular flexibility index (Phi) is 7.68. The number of nitrogens with one attached hydrogen (secondary N) is 1. The molecule has 1 amide bonds. The molecule has 118 valence electrons. The molecule has 0 aliphatic heterocycles. The molecule has 1 heterocycles. The highest BCUT2D eigenvalue weighted by Crippen LogP contribution is 2.09. The van der Waals surface area contributed by atoms with Crippen molar-refractivity contribution in [2.24, 2.45) is 5.92 Å². The summed E-state index contributed by atoms with van der Waals surface area (Å²) in [5.74, 6) is -0.00982. The number of carbonyl (C=O) groups is 1. The first kappa shape index (κ1) is 17.4. The van der Waals surface area contributed by atoms with Crippen LogP contribution in [0.3, 0.4) is 0 Å². The number of hydrogen-bond acceptors (Lipinski definition) is 4. The lowest BCUT2D eigenvalue weighted by atomic mass is 10.0. The third-order valence-corrected chi connectivity index (χ3v) is 3.32. The van der Waals surface area contributed by atoms with Crippen molar-refractivity contribution in [3.8, 4) is 0 Å². The van der Waals surface area contributed by atoms with Gasteiger partial charge in [0.2, 0.25) is 0 Å². The SMILES string of the molecule is CCCC(CCO)CNC(=O)c1ccc(=O)n(CCC)n1. The van der Waals surface area contributed by atoms with Gasteiger partial charge in [0.15, 0.2) is 0 Å². The Balaban J connectivity index is 2.66. The number of nitrogens with zero attached hydrogens (tertiary/aromatic N) is 2. The molecule has 6 heteroatoms. The van der Waals surface area contributed by atoms with Crippen molar-refractivity contribution in [2.75, 3.05) is 13.2 Å². The third-order valence-electron chi connectivity index (χ3n) is 3.32. The van der Waals surface area contributed by atoms with Crippen LogP contribution in [0.1, 0.15) is 50.0 Å². The topological polar surface area (TPSA) is 84.2 Å². The number of aliphatic hydroxyl groups excluding tert-OH is 1. The molecule has 0 aliphatic rings. The molecule has 1 rings (SSSR count). The van der Waals surface area contributed by atoms with Crippen molar-refractivity contribution in [3.63, 3.8) is 0 Å². The second-order valence-corrected chi connectivity index (χ2v) is 5.16. The summed E-state index contributed by atoms with van der Waals surface area (Å²) < 4.78 is 1.31. The van der Waals surface area contributed by atoms with E-state index < -0.39 is 0 Å². The molecule has 21 heavy (non-hydrogen) atoms. The monoisotopic (exact) mass is 295 g/mol. The van der Waals surface area contributed by atoms with Gasteiger partial charge < -0.3 is 10.4 Å². The molecule has 0 aliphatic carbocycles. The minimum Gasteiger partial charge on any atom is -0.396 e. The zero-order valence-electron chi connectivity index (χ0n) is 12.8. The summed E-state index contributed by atoms with van der Waals surface area (Å²) in [6, 6.07) is 2.82. The third kappa shape index (κ3) is 5.67. The van der Waals surface area contributed by atoms with Crippen LogP contribution < -0.4 is 10.9 Å². The number of carbonyl (C=O) groups excluding carboxylic acids is 1. The fourth-order valence-corrected chi connectivity index (χ4v) is 2.21. The molecule has 0 radical (unpaired) electrons. The first-order chi connectivity index (χ1) is 10.1. The van der Waals surface area contributed by atoms with Crippen LogP contribution in [0, 0.1) is 5.92 Å². The molecule has 1 unspecified atom stereocenters. The van der Waals surface area contributed by atoms with Crippen LogP contribution in [0.5, 0.6) is 0 Å². The highest BCUT2D eigenvalue weighted by Gasteiger charge is 2.12. The van der Waals surface area contributed by atoms with E-state index in [1.165, 1.54) is 16.8 Å². The highest BCUT2D eigenvalue weighted by atomic mass is 16.3. The van der Waals surface area contributed by atoms with E-state index in [0.717, 1.165) is 19.3 Å². The molecule has 0 aromatic carbocycles. The Morgan fingerprint density at radius 3 is 2.71 bits per heavy atom. The van der Waals surface area contributed by atoms with Gasteiger partial charge in [-0.05, 0) is 31.2 Å². The Morgan fingerprint density at radius 2 is 2.10 bits per heavy atom. The van der Waals surface area contributed by atoms with Crippen molar-refractivity contribution >= 4 is 5.91 Å². The minimum absolute atomic E-state index is 0.125. The second-order valence-electron chi connectivity index (χ2n) is 5.16. The van der Waals surface area contributed by atoms with E-state index in [9.17, 15) is 9.59 Å². The maximum absolute atomic E-state index is 12.1. The maximum atomic E-state index is 12.1. The van der Waals surface area contributed by atoms with E-state index >= 15 is 0 Å². The average Bonchev–Trinajstić information content (AvgIpc) is 2.47. The van der Waals surface area contributed by atoms with Gasteiger partial charge in [-0.1, -0.05) is 20.3 Å². The van der Waals surface area contributed by atoms with Gasteiger partial charge in [0.25, 0.3) is 11.5 Å². The summed E-state index contributed by atoms with van der Waals surface area (Å²) in [5, 5.41) is 15.9. The van der Waals surface area contributed by atoms with E-state index in [-0.39, 0.29) is 29.7 Å². The molecule has 1 atom stereocenters. The molecule has 1 aromatic rings. The van der Waals surface area contributed by atoms with E-state index in [0.29, 0.717) is 19.5 Å². The molecular weight excluding hydrogens is 270 g/mol. The summed E-state index contributed by atoms with van der Waals surface area (Å²) >= 11 is 0. The lowest BCUT2D eigenvalue weighted by molar-refractivity contribution is 0.0935. The number of aromatic nitrogens is 2. The van der Waals surface area contributed by atoms with Crippen LogP contribution in [0.2, 0.25) is 0 Å². The summed E-state index contributed by atoms with van der Waals surface area (Å²) in [4.78, 5) is 23.6. The van der Waals surface area contributed by atoms with Crippen LogP contribution in [-0.2, 0) is 6.54 Å². The fourth-order valence-electron chi connectivity index (χ4n) is 2.21. The number of amides is 1. The van der Waals surface area contributed by atoms with Crippen molar-refractivity contribution < 1.29 is 9.90 Å². The van der Waals surface area contributed by atoms with Crippen molar-refractivity contribution in [1.29, 1.82) is 0 Å². The zero-order valence-corrected chi connectivity index (χ0v) is 12.8. The molecule has 0 bridgehead atoms. The second kappa shape index (κ2) is 9.28. The molecule has 0 spiro atoms. The van der Waals surface area contributed by atoms with E-state index in [2.05, 4.69) is 17.3 Å². The van der Waals surface area contributed by atoms with Crippen LogP contribution in [0.15, 0.2) is 16.9 Å². The predicted octanol–water partition coefficient (Wildman–Crippen LogP) is 1.18. The van der Waals surface area contributed by atoms with Gasteiger partial charge in [0.05, 0.1) is 0 Å². The van der Waals surface area contributed by atoms with Crippen molar-refractivity contribution in [2.45, 2.75) is 46.1 Å². The van der Waals surface area contributed by atoms with Crippen LogP contribution in [0.25, 0.3) is 0 Å². The smallest absolute Gasteiger partial charge is 0.271 e. The van der Waals surface area contributed by atoms with Crippen LogP contribution in [-0.4, -0.2) is 33.9 Å². The minimum atomic E-state index is -0.279. The summed E-state index contributed by atoms with van der Waals surface area (Å²) in [6.07, 6.45) is 3.44. The molecule has 1 aromatic heterocycles. The number of aryl methyl sites for hydroxylation is 1. The number of hydrogen-bond donors (Lipinski definition) is 2. The van der Waals surface area contributed by atoms with Crippen molar-refractivity contribution in [3.05, 3.63) is 28.2 Å². The fraction of sp³-hybridized carbons (Fsp3) is 0.667.